The van der Waals surface area contributed by atoms with Crippen LogP contribution in [0.4, 0.5) is 9.59 Å². The van der Waals surface area contributed by atoms with Crippen molar-refractivity contribution in [2.24, 2.45) is 26.8 Å². The van der Waals surface area contributed by atoms with Crippen molar-refractivity contribution in [2.45, 2.75) is 58.8 Å². The van der Waals surface area contributed by atoms with Crippen LogP contribution in [0.15, 0.2) is 15.2 Å². The zero-order valence-corrected chi connectivity index (χ0v) is 21.5. The van der Waals surface area contributed by atoms with Crippen LogP contribution in [0.5, 0.6) is 0 Å². The lowest BCUT2D eigenvalue weighted by molar-refractivity contribution is -0.146. The number of urea groups is 1. The summed E-state index contributed by atoms with van der Waals surface area (Å²) in [5, 5.41) is 8.32. The molecule has 0 aliphatic carbocycles. The van der Waals surface area contributed by atoms with Crippen molar-refractivity contribution in [3.8, 4) is 0 Å². The number of hydrogen-bond donors (Lipinski definition) is 3. The maximum absolute atomic E-state index is 13.7. The molecule has 14 heteroatoms. The van der Waals surface area contributed by atoms with Crippen LogP contribution in [0.2, 0.25) is 0 Å². The number of aliphatic imine (C=N–C) groups is 1. The number of hydrogen-bond acceptors (Lipinski definition) is 10. The van der Waals surface area contributed by atoms with Crippen molar-refractivity contribution in [1.82, 2.24) is 15.8 Å². The Morgan fingerprint density at radius 3 is 2.26 bits per heavy atom. The molecule has 4 N–H and O–H groups in total. The Hall–Kier alpha value is -3.16. The number of carbonyl (C=O) groups excluding carboxylic acids is 4. The Morgan fingerprint density at radius 1 is 1.18 bits per heavy atom. The molecular formula is C20H33N7O6S. The van der Waals surface area contributed by atoms with Gasteiger partial charge in [-0.05, 0) is 48.5 Å². The minimum atomic E-state index is -1.72. The topological polar surface area (TPSA) is 177 Å². The molecule has 1 saturated heterocycles. The average molecular weight is 500 g/mol. The van der Waals surface area contributed by atoms with Crippen LogP contribution >= 0.6 is 11.8 Å². The number of rotatable bonds is 8. The number of esters is 1. The van der Waals surface area contributed by atoms with Gasteiger partial charge in [0, 0.05) is 13.1 Å². The van der Waals surface area contributed by atoms with Crippen LogP contribution in [0.25, 0.3) is 0 Å². The molecule has 2 atom stereocenters. The lowest BCUT2D eigenvalue weighted by atomic mass is 9.83. The number of carbonyl (C=O) groups is 4. The molecule has 13 nitrogen and oxygen atoms in total. The van der Waals surface area contributed by atoms with E-state index in [4.69, 9.17) is 15.2 Å². The van der Waals surface area contributed by atoms with Gasteiger partial charge in [0.05, 0.1) is 18.5 Å². The maximum atomic E-state index is 13.7. The molecule has 0 bridgehead atoms. The third-order valence-corrected chi connectivity index (χ3v) is 6.07. The highest BCUT2D eigenvalue weighted by Gasteiger charge is 2.62. The number of primary amides is 1. The molecule has 34 heavy (non-hydrogen) atoms. The largest absolute Gasteiger partial charge is 0.468 e. The SMILES string of the molecule is CCN=C1SC(/C(C)=N/NC(N)=O)(C(C(=O)OC)/C(C)=N/NC(=O)OC(C)(C)C)C(=O)N1CC. The van der Waals surface area contributed by atoms with Crippen molar-refractivity contribution >= 4 is 52.4 Å². The van der Waals surface area contributed by atoms with Gasteiger partial charge in [-0.25, -0.2) is 20.4 Å². The minimum absolute atomic E-state index is 0.0426. The number of nitrogens with two attached hydrogens (primary N) is 1. The van der Waals surface area contributed by atoms with E-state index in [-0.39, 0.29) is 18.0 Å². The molecule has 0 aromatic rings. The summed E-state index contributed by atoms with van der Waals surface area (Å²) in [6.07, 6.45) is -0.848. The van der Waals surface area contributed by atoms with Gasteiger partial charge in [0.15, 0.2) is 9.91 Å². The van der Waals surface area contributed by atoms with E-state index in [9.17, 15) is 19.2 Å². The molecule has 1 aliphatic rings. The van der Waals surface area contributed by atoms with E-state index in [1.807, 2.05) is 0 Å². The summed E-state index contributed by atoms with van der Waals surface area (Å²) in [5.41, 5.74) is 8.79. The number of thioether (sulfide) groups is 1. The smallest absolute Gasteiger partial charge is 0.428 e. The summed E-state index contributed by atoms with van der Waals surface area (Å²) < 4.78 is 8.44. The average Bonchev–Trinajstić information content (AvgIpc) is 3.01. The van der Waals surface area contributed by atoms with Crippen LogP contribution in [-0.4, -0.2) is 76.0 Å². The molecule has 1 fully saturated rings. The summed E-state index contributed by atoms with van der Waals surface area (Å²) >= 11 is 0.986. The third-order valence-electron chi connectivity index (χ3n) is 4.51. The number of nitrogens with one attached hydrogen (secondary N) is 2. The highest BCUT2D eigenvalue weighted by molar-refractivity contribution is 8.17. The van der Waals surface area contributed by atoms with Crippen molar-refractivity contribution in [2.75, 3.05) is 20.2 Å². The summed E-state index contributed by atoms with van der Waals surface area (Å²) in [5.74, 6) is -2.67. The van der Waals surface area contributed by atoms with Crippen LogP contribution in [0, 0.1) is 5.92 Å². The van der Waals surface area contributed by atoms with Crippen molar-refractivity contribution in [3.63, 3.8) is 0 Å². The van der Waals surface area contributed by atoms with Gasteiger partial charge < -0.3 is 15.2 Å². The second-order valence-corrected chi connectivity index (χ2v) is 9.35. The molecule has 1 heterocycles. The number of nitrogens with zero attached hydrogens (tertiary/aromatic N) is 4. The van der Waals surface area contributed by atoms with E-state index in [0.717, 1.165) is 18.9 Å². The summed E-state index contributed by atoms with van der Waals surface area (Å²) in [7, 11) is 1.16. The molecule has 2 unspecified atom stereocenters. The number of amides is 4. The molecule has 1 rings (SSSR count). The van der Waals surface area contributed by atoms with E-state index in [0.29, 0.717) is 11.7 Å². The second kappa shape index (κ2) is 11.8. The van der Waals surface area contributed by atoms with Crippen LogP contribution in [0.3, 0.4) is 0 Å². The fraction of sp³-hybridized carbons (Fsp3) is 0.650. The molecular weight excluding hydrogens is 466 g/mol. The fourth-order valence-corrected chi connectivity index (χ4v) is 4.73. The lowest BCUT2D eigenvalue weighted by Gasteiger charge is -2.32. The van der Waals surface area contributed by atoms with E-state index < -0.39 is 40.3 Å². The molecule has 0 radical (unpaired) electrons. The molecule has 0 aromatic heterocycles. The predicted molar refractivity (Wildman–Crippen MR) is 129 cm³/mol. The Bertz CT molecular complexity index is 912. The predicted octanol–water partition coefficient (Wildman–Crippen LogP) is 1.43. The van der Waals surface area contributed by atoms with E-state index >= 15 is 0 Å². The second-order valence-electron chi connectivity index (χ2n) is 8.14. The molecule has 1 aliphatic heterocycles. The van der Waals surface area contributed by atoms with Gasteiger partial charge in [0.2, 0.25) is 0 Å². The summed E-state index contributed by atoms with van der Waals surface area (Å²) in [6.45, 7) is 12.2. The summed E-state index contributed by atoms with van der Waals surface area (Å²) in [6, 6.07) is -0.952. The van der Waals surface area contributed by atoms with Gasteiger partial charge in [-0.15, -0.1) is 0 Å². The number of hydrazone groups is 2. The van der Waals surface area contributed by atoms with Crippen molar-refractivity contribution in [3.05, 3.63) is 0 Å². The molecule has 4 amide bonds. The third kappa shape index (κ3) is 6.68. The van der Waals surface area contributed by atoms with E-state index in [2.05, 4.69) is 26.0 Å². The van der Waals surface area contributed by atoms with Crippen LogP contribution in [-0.2, 0) is 19.1 Å². The monoisotopic (exact) mass is 499 g/mol. The Morgan fingerprint density at radius 2 is 1.79 bits per heavy atom. The van der Waals surface area contributed by atoms with Gasteiger partial charge in [0.25, 0.3) is 5.91 Å². The van der Waals surface area contributed by atoms with Gasteiger partial charge in [-0.1, -0.05) is 11.8 Å². The van der Waals surface area contributed by atoms with Crippen LogP contribution in [0.1, 0.15) is 48.5 Å². The number of ether oxygens (including phenoxy) is 2. The Balaban J connectivity index is 3.68. The Kier molecular flexibility index (Phi) is 10.0. The Labute approximate surface area is 202 Å². The zero-order valence-electron chi connectivity index (χ0n) is 20.7. The highest BCUT2D eigenvalue weighted by atomic mass is 32.2. The van der Waals surface area contributed by atoms with Gasteiger partial charge >= 0.3 is 18.1 Å². The number of methoxy groups -OCH3 is 1. The van der Waals surface area contributed by atoms with E-state index in [1.54, 1.807) is 34.6 Å². The fourth-order valence-electron chi connectivity index (χ4n) is 3.15. The van der Waals surface area contributed by atoms with Gasteiger partial charge in [0.1, 0.15) is 11.5 Å². The number of amidine groups is 1. The maximum Gasteiger partial charge on any atom is 0.428 e. The first-order valence-corrected chi connectivity index (χ1v) is 11.3. The zero-order chi connectivity index (χ0) is 26.3. The first-order valence-electron chi connectivity index (χ1n) is 10.5. The molecule has 0 saturated carbocycles. The summed E-state index contributed by atoms with van der Waals surface area (Å²) in [4.78, 5) is 55.9. The van der Waals surface area contributed by atoms with Gasteiger partial charge in [-0.3, -0.25) is 19.5 Å². The standard InChI is InChI=1S/C20H33N7O6S/c1-9-22-17-27(10-2)15(29)20(34-17,12(4)24-25-16(21)30)13(14(28)32-8)11(3)23-26-18(31)33-19(5,6)7/h13H,9-10H2,1-8H3,(H,26,31)(H3,21,25,30)/b22-17?,23-11+,24-12+. The highest BCUT2D eigenvalue weighted by Crippen LogP contribution is 2.45. The minimum Gasteiger partial charge on any atom is -0.468 e. The first kappa shape index (κ1) is 28.9. The van der Waals surface area contributed by atoms with Crippen molar-refractivity contribution in [1.29, 1.82) is 0 Å². The molecule has 0 spiro atoms. The van der Waals surface area contributed by atoms with Crippen LogP contribution < -0.4 is 16.6 Å². The molecule has 0 aromatic carbocycles. The normalized spacial score (nSPS) is 21.4. The van der Waals surface area contributed by atoms with Gasteiger partial charge in [-0.2, -0.15) is 10.2 Å². The quantitative estimate of drug-likeness (QED) is 0.257. The van der Waals surface area contributed by atoms with Crippen molar-refractivity contribution < 1.29 is 28.7 Å². The lowest BCUT2D eigenvalue weighted by Crippen LogP contribution is -2.56. The molecule has 190 valence electrons. The first-order chi connectivity index (χ1) is 15.7. The van der Waals surface area contributed by atoms with E-state index in [1.165, 1.54) is 18.7 Å².